The van der Waals surface area contributed by atoms with Crippen molar-refractivity contribution in [3.05, 3.63) is 52.8 Å². The highest BCUT2D eigenvalue weighted by molar-refractivity contribution is 5.96. The van der Waals surface area contributed by atoms with E-state index in [2.05, 4.69) is 17.6 Å². The lowest BCUT2D eigenvalue weighted by Gasteiger charge is -2.17. The highest BCUT2D eigenvalue weighted by Gasteiger charge is 2.38. The fraction of sp³-hybridized carbons (Fsp3) is 0.400. The van der Waals surface area contributed by atoms with Crippen molar-refractivity contribution in [3.63, 3.8) is 0 Å². The van der Waals surface area contributed by atoms with Gasteiger partial charge in [-0.25, -0.2) is 0 Å². The molecule has 3 rings (SSSR count). The summed E-state index contributed by atoms with van der Waals surface area (Å²) < 4.78 is 2.09. The average molecular weight is 340 g/mol. The largest absolute Gasteiger partial charge is 0.481 e. The molecule has 5 nitrogen and oxygen atoms in total. The minimum Gasteiger partial charge on any atom is -0.481 e. The molecule has 1 aliphatic rings. The molecule has 1 amide bonds. The number of carbonyl (C=O) groups excluding carboxylic acids is 1. The van der Waals surface area contributed by atoms with Crippen molar-refractivity contribution in [1.82, 2.24) is 9.47 Å². The number of rotatable bonds is 3. The van der Waals surface area contributed by atoms with Gasteiger partial charge in [-0.3, -0.25) is 9.59 Å². The molecule has 2 heterocycles. The molecule has 0 radical (unpaired) electrons. The maximum absolute atomic E-state index is 13.0. The average Bonchev–Trinajstić information content (AvgIpc) is 3.08. The second-order valence-corrected chi connectivity index (χ2v) is 7.04. The summed E-state index contributed by atoms with van der Waals surface area (Å²) in [4.78, 5) is 26.0. The van der Waals surface area contributed by atoms with Gasteiger partial charge in [0, 0.05) is 30.2 Å². The van der Waals surface area contributed by atoms with Gasteiger partial charge in [-0.1, -0.05) is 25.1 Å². The van der Waals surface area contributed by atoms with Crippen LogP contribution in [0.1, 0.15) is 34.2 Å². The van der Waals surface area contributed by atoms with Crippen molar-refractivity contribution >= 4 is 11.9 Å². The lowest BCUT2D eigenvalue weighted by molar-refractivity contribution is -0.142. The fourth-order valence-electron chi connectivity index (χ4n) is 3.79. The van der Waals surface area contributed by atoms with Crippen LogP contribution in [0.4, 0.5) is 0 Å². The first-order valence-electron chi connectivity index (χ1n) is 8.58. The Morgan fingerprint density at radius 3 is 2.40 bits per heavy atom. The zero-order chi connectivity index (χ0) is 18.3. The van der Waals surface area contributed by atoms with Crippen LogP contribution in [0.5, 0.6) is 0 Å². The van der Waals surface area contributed by atoms with Crippen LogP contribution in [0.2, 0.25) is 0 Å². The molecular formula is C20H24N2O3. The standard InChI is InChI=1S/C20H24N2O3/c1-12-7-5-6-8-18(12)22-14(3)9-16(15(22)4)19(23)21-10-13(2)17(11-21)20(24)25/h5-9,13,17H,10-11H2,1-4H3,(H,24,25)/t13-,17-/m1/s1. The lowest BCUT2D eigenvalue weighted by atomic mass is 9.99. The van der Waals surface area contributed by atoms with Crippen molar-refractivity contribution in [2.24, 2.45) is 11.8 Å². The van der Waals surface area contributed by atoms with Crippen LogP contribution in [-0.2, 0) is 4.79 Å². The van der Waals surface area contributed by atoms with Gasteiger partial charge < -0.3 is 14.6 Å². The molecule has 1 aliphatic heterocycles. The first-order chi connectivity index (χ1) is 11.8. The molecule has 0 spiro atoms. The summed E-state index contributed by atoms with van der Waals surface area (Å²) in [5.74, 6) is -1.41. The lowest BCUT2D eigenvalue weighted by Crippen LogP contribution is -2.30. The van der Waals surface area contributed by atoms with Crippen LogP contribution >= 0.6 is 0 Å². The predicted octanol–water partition coefficient (Wildman–Crippen LogP) is 3.20. The first-order valence-corrected chi connectivity index (χ1v) is 8.58. The fourth-order valence-corrected chi connectivity index (χ4v) is 3.79. The number of nitrogens with zero attached hydrogens (tertiary/aromatic N) is 2. The summed E-state index contributed by atoms with van der Waals surface area (Å²) >= 11 is 0. The molecule has 25 heavy (non-hydrogen) atoms. The van der Waals surface area contributed by atoms with E-state index in [0.717, 1.165) is 22.6 Å². The maximum Gasteiger partial charge on any atom is 0.308 e. The van der Waals surface area contributed by atoms with Gasteiger partial charge >= 0.3 is 5.97 Å². The summed E-state index contributed by atoms with van der Waals surface area (Å²) in [6.07, 6.45) is 0. The highest BCUT2D eigenvalue weighted by Crippen LogP contribution is 2.28. The molecule has 0 unspecified atom stereocenters. The van der Waals surface area contributed by atoms with E-state index in [4.69, 9.17) is 0 Å². The van der Waals surface area contributed by atoms with Gasteiger partial charge in [0.2, 0.25) is 0 Å². The van der Waals surface area contributed by atoms with Gasteiger partial charge in [0.1, 0.15) is 0 Å². The Hall–Kier alpha value is -2.56. The summed E-state index contributed by atoms with van der Waals surface area (Å²) in [5, 5.41) is 9.29. The zero-order valence-electron chi connectivity index (χ0n) is 15.1. The quantitative estimate of drug-likeness (QED) is 0.933. The molecule has 2 aromatic rings. The summed E-state index contributed by atoms with van der Waals surface area (Å²) in [7, 11) is 0. The van der Waals surface area contributed by atoms with Crippen LogP contribution in [0, 0.1) is 32.6 Å². The van der Waals surface area contributed by atoms with Crippen molar-refractivity contribution < 1.29 is 14.7 Å². The van der Waals surface area contributed by atoms with Crippen molar-refractivity contribution in [2.75, 3.05) is 13.1 Å². The topological polar surface area (TPSA) is 62.5 Å². The normalized spacial score (nSPS) is 20.1. The zero-order valence-corrected chi connectivity index (χ0v) is 15.1. The molecule has 1 saturated heterocycles. The number of aliphatic carboxylic acids is 1. The van der Waals surface area contributed by atoms with E-state index in [9.17, 15) is 14.7 Å². The Morgan fingerprint density at radius 2 is 1.80 bits per heavy atom. The van der Waals surface area contributed by atoms with E-state index in [0.29, 0.717) is 12.1 Å². The molecule has 1 aromatic carbocycles. The number of aryl methyl sites for hydroxylation is 2. The summed E-state index contributed by atoms with van der Waals surface area (Å²) in [6.45, 7) is 8.65. The molecule has 0 aliphatic carbocycles. The van der Waals surface area contributed by atoms with Crippen molar-refractivity contribution in [2.45, 2.75) is 27.7 Å². The Kier molecular flexibility index (Phi) is 4.41. The van der Waals surface area contributed by atoms with E-state index in [-0.39, 0.29) is 18.4 Å². The molecule has 1 aromatic heterocycles. The predicted molar refractivity (Wildman–Crippen MR) is 96.2 cm³/mol. The molecular weight excluding hydrogens is 316 g/mol. The van der Waals surface area contributed by atoms with E-state index in [1.165, 1.54) is 0 Å². The van der Waals surface area contributed by atoms with Gasteiger partial charge in [0.25, 0.3) is 5.91 Å². The van der Waals surface area contributed by atoms with Crippen molar-refractivity contribution in [3.8, 4) is 5.69 Å². The minimum absolute atomic E-state index is 0.0266. The molecule has 2 atom stereocenters. The smallest absolute Gasteiger partial charge is 0.308 e. The molecule has 5 heteroatoms. The van der Waals surface area contributed by atoms with Crippen LogP contribution in [0.15, 0.2) is 30.3 Å². The molecule has 132 valence electrons. The summed E-state index contributed by atoms with van der Waals surface area (Å²) in [6, 6.07) is 9.99. The van der Waals surface area contributed by atoms with Gasteiger partial charge in [0.05, 0.1) is 11.5 Å². The maximum atomic E-state index is 13.0. The third-order valence-electron chi connectivity index (χ3n) is 5.23. The van der Waals surface area contributed by atoms with Gasteiger partial charge in [-0.05, 0) is 44.4 Å². The summed E-state index contributed by atoms with van der Waals surface area (Å²) in [5.41, 5.74) is 4.75. The number of carboxylic acid groups (broad SMARTS) is 1. The van der Waals surface area contributed by atoms with E-state index >= 15 is 0 Å². The minimum atomic E-state index is -0.826. The molecule has 0 saturated carbocycles. The number of para-hydroxylation sites is 1. The van der Waals surface area contributed by atoms with Crippen LogP contribution < -0.4 is 0 Å². The van der Waals surface area contributed by atoms with Gasteiger partial charge in [0.15, 0.2) is 0 Å². The van der Waals surface area contributed by atoms with Crippen LogP contribution in [0.25, 0.3) is 5.69 Å². The van der Waals surface area contributed by atoms with Gasteiger partial charge in [-0.15, -0.1) is 0 Å². The van der Waals surface area contributed by atoms with Gasteiger partial charge in [-0.2, -0.15) is 0 Å². The number of hydrogen-bond donors (Lipinski definition) is 1. The molecule has 0 bridgehead atoms. The Balaban J connectivity index is 1.95. The molecule has 1 fully saturated rings. The number of benzene rings is 1. The monoisotopic (exact) mass is 340 g/mol. The first kappa shape index (κ1) is 17.3. The highest BCUT2D eigenvalue weighted by atomic mass is 16.4. The van der Waals surface area contributed by atoms with E-state index in [1.54, 1.807) is 4.90 Å². The SMILES string of the molecule is Cc1ccccc1-n1c(C)cc(C(=O)N2C[C@@H](C)[C@H](C(=O)O)C2)c1C. The third-order valence-corrected chi connectivity index (χ3v) is 5.23. The second kappa shape index (κ2) is 6.39. The molecule has 1 N–H and O–H groups in total. The van der Waals surface area contributed by atoms with E-state index in [1.807, 2.05) is 45.0 Å². The number of hydrogen-bond acceptors (Lipinski definition) is 2. The Labute approximate surface area is 147 Å². The number of amides is 1. The number of carbonyl (C=O) groups is 2. The Bertz CT molecular complexity index is 837. The number of aromatic nitrogens is 1. The number of likely N-dealkylation sites (tertiary alicyclic amines) is 1. The van der Waals surface area contributed by atoms with E-state index < -0.39 is 11.9 Å². The van der Waals surface area contributed by atoms with Crippen molar-refractivity contribution in [1.29, 1.82) is 0 Å². The third kappa shape index (κ3) is 2.95. The van der Waals surface area contributed by atoms with Crippen LogP contribution in [-0.4, -0.2) is 39.5 Å². The number of carboxylic acids is 1. The second-order valence-electron chi connectivity index (χ2n) is 7.04. The van der Waals surface area contributed by atoms with Crippen LogP contribution in [0.3, 0.4) is 0 Å². The Morgan fingerprint density at radius 1 is 1.12 bits per heavy atom.